The lowest BCUT2D eigenvalue weighted by atomic mass is 10.3. The van der Waals surface area contributed by atoms with Crippen LogP contribution in [-0.2, 0) is 16.4 Å². The van der Waals surface area contributed by atoms with Crippen molar-refractivity contribution in [3.05, 3.63) is 45.1 Å². The van der Waals surface area contributed by atoms with Gasteiger partial charge in [-0.25, -0.2) is 21.9 Å². The van der Waals surface area contributed by atoms with Crippen molar-refractivity contribution in [2.75, 3.05) is 12.3 Å². The van der Waals surface area contributed by atoms with Crippen LogP contribution in [0.5, 0.6) is 0 Å². The second-order valence-corrected chi connectivity index (χ2v) is 7.66. The fourth-order valence-electron chi connectivity index (χ4n) is 1.63. The molecule has 0 unspecified atom stereocenters. The first kappa shape index (κ1) is 16.2. The highest BCUT2D eigenvalue weighted by Crippen LogP contribution is 2.23. The summed E-state index contributed by atoms with van der Waals surface area (Å²) >= 11 is 7.09. The standard InChI is InChI=1S/C12H11ClF2N2O2S2/c13-10-4-1-7(20-10)5-6-17-21(18,19)9-3-2-8(14)12(16)11(9)15/h1-4,17H,5-6,16H2. The van der Waals surface area contributed by atoms with Crippen molar-refractivity contribution in [3.63, 3.8) is 0 Å². The second kappa shape index (κ2) is 6.27. The van der Waals surface area contributed by atoms with Gasteiger partial charge in [0.05, 0.1) is 4.34 Å². The van der Waals surface area contributed by atoms with Gasteiger partial charge in [0.25, 0.3) is 0 Å². The van der Waals surface area contributed by atoms with E-state index in [1.165, 1.54) is 11.3 Å². The van der Waals surface area contributed by atoms with Gasteiger partial charge in [0.2, 0.25) is 10.0 Å². The zero-order chi connectivity index (χ0) is 15.6. The van der Waals surface area contributed by atoms with Gasteiger partial charge in [-0.2, -0.15) is 0 Å². The summed E-state index contributed by atoms with van der Waals surface area (Å²) in [5.74, 6) is -2.29. The number of hydrogen-bond donors (Lipinski definition) is 2. The molecule has 0 bridgehead atoms. The normalized spacial score (nSPS) is 11.8. The molecule has 2 rings (SSSR count). The lowest BCUT2D eigenvalue weighted by molar-refractivity contribution is 0.548. The van der Waals surface area contributed by atoms with Gasteiger partial charge in [0.15, 0.2) is 5.82 Å². The van der Waals surface area contributed by atoms with Crippen LogP contribution in [0.25, 0.3) is 0 Å². The Labute approximate surface area is 129 Å². The number of thiophene rings is 1. The fraction of sp³-hybridized carbons (Fsp3) is 0.167. The molecule has 3 N–H and O–H groups in total. The van der Waals surface area contributed by atoms with Gasteiger partial charge in [-0.3, -0.25) is 0 Å². The quantitative estimate of drug-likeness (QED) is 0.813. The zero-order valence-corrected chi connectivity index (χ0v) is 13.0. The first-order valence-electron chi connectivity index (χ1n) is 5.78. The molecule has 0 fully saturated rings. The summed E-state index contributed by atoms with van der Waals surface area (Å²) in [5, 5.41) is 0. The van der Waals surface area contributed by atoms with Crippen molar-refractivity contribution in [3.8, 4) is 0 Å². The van der Waals surface area contributed by atoms with E-state index in [0.717, 1.165) is 17.0 Å². The van der Waals surface area contributed by atoms with Gasteiger partial charge in [-0.05, 0) is 30.7 Å². The molecule has 1 aromatic carbocycles. The molecule has 21 heavy (non-hydrogen) atoms. The van der Waals surface area contributed by atoms with Crippen LogP contribution < -0.4 is 10.5 Å². The molecule has 114 valence electrons. The summed E-state index contributed by atoms with van der Waals surface area (Å²) in [4.78, 5) is 0.215. The van der Waals surface area contributed by atoms with Crippen LogP contribution in [0.1, 0.15) is 4.88 Å². The molecule has 0 amide bonds. The lowest BCUT2D eigenvalue weighted by Crippen LogP contribution is -2.27. The summed E-state index contributed by atoms with van der Waals surface area (Å²) < 4.78 is 53.5. The molecule has 0 aliphatic rings. The number of rotatable bonds is 5. The maximum Gasteiger partial charge on any atom is 0.243 e. The smallest absolute Gasteiger partial charge is 0.243 e. The number of nitrogens with one attached hydrogen (secondary N) is 1. The fourth-order valence-corrected chi connectivity index (χ4v) is 3.84. The third-order valence-corrected chi connectivity index (χ3v) is 5.44. The average molecular weight is 353 g/mol. The monoisotopic (exact) mass is 352 g/mol. The Morgan fingerprint density at radius 3 is 2.57 bits per heavy atom. The highest BCUT2D eigenvalue weighted by molar-refractivity contribution is 7.89. The first-order chi connectivity index (χ1) is 9.81. The molecule has 9 heteroatoms. The minimum absolute atomic E-state index is 0.0654. The third kappa shape index (κ3) is 3.70. The second-order valence-electron chi connectivity index (χ2n) is 4.13. The topological polar surface area (TPSA) is 72.2 Å². The Kier molecular flexibility index (Phi) is 4.82. The van der Waals surface area contributed by atoms with Crippen molar-refractivity contribution < 1.29 is 17.2 Å². The maximum absolute atomic E-state index is 13.7. The average Bonchev–Trinajstić information content (AvgIpc) is 2.81. The Balaban J connectivity index is 2.10. The molecule has 1 aromatic heterocycles. The van der Waals surface area contributed by atoms with Crippen LogP contribution in [-0.4, -0.2) is 15.0 Å². The third-order valence-electron chi connectivity index (χ3n) is 2.67. The minimum Gasteiger partial charge on any atom is -0.394 e. The van der Waals surface area contributed by atoms with E-state index in [2.05, 4.69) is 4.72 Å². The first-order valence-corrected chi connectivity index (χ1v) is 8.46. The molecular weight excluding hydrogens is 342 g/mol. The van der Waals surface area contributed by atoms with Gasteiger partial charge in [0.1, 0.15) is 16.4 Å². The number of hydrogen-bond acceptors (Lipinski definition) is 4. The van der Waals surface area contributed by atoms with Crippen molar-refractivity contribution in [2.45, 2.75) is 11.3 Å². The van der Waals surface area contributed by atoms with E-state index in [9.17, 15) is 17.2 Å². The summed E-state index contributed by atoms with van der Waals surface area (Å²) in [6.07, 6.45) is 0.412. The molecule has 0 atom stereocenters. The van der Waals surface area contributed by atoms with Crippen molar-refractivity contribution in [2.24, 2.45) is 0 Å². The van der Waals surface area contributed by atoms with E-state index < -0.39 is 32.2 Å². The van der Waals surface area contributed by atoms with Gasteiger partial charge in [-0.15, -0.1) is 11.3 Å². The van der Waals surface area contributed by atoms with E-state index in [0.29, 0.717) is 10.8 Å². The summed E-state index contributed by atoms with van der Waals surface area (Å²) in [6.45, 7) is 0.0654. The minimum atomic E-state index is -4.09. The molecule has 0 aliphatic heterocycles. The van der Waals surface area contributed by atoms with Gasteiger partial charge in [-0.1, -0.05) is 11.6 Å². The molecule has 0 saturated heterocycles. The van der Waals surface area contributed by atoms with Gasteiger partial charge < -0.3 is 5.73 Å². The highest BCUT2D eigenvalue weighted by atomic mass is 35.5. The Hall–Kier alpha value is -1.22. The summed E-state index contributed by atoms with van der Waals surface area (Å²) in [6, 6.07) is 5.13. The number of nitrogen functional groups attached to an aromatic ring is 1. The van der Waals surface area contributed by atoms with Crippen molar-refractivity contribution >= 4 is 38.6 Å². The number of benzene rings is 1. The molecule has 0 saturated carbocycles. The van der Waals surface area contributed by atoms with E-state index in [4.69, 9.17) is 17.3 Å². The Morgan fingerprint density at radius 2 is 1.95 bits per heavy atom. The zero-order valence-electron chi connectivity index (χ0n) is 10.6. The van der Waals surface area contributed by atoms with Gasteiger partial charge in [0, 0.05) is 11.4 Å². The van der Waals surface area contributed by atoms with Crippen LogP contribution in [0.3, 0.4) is 0 Å². The maximum atomic E-state index is 13.7. The predicted octanol–water partition coefficient (Wildman–Crippen LogP) is 2.78. The lowest BCUT2D eigenvalue weighted by Gasteiger charge is -2.09. The number of anilines is 1. The molecule has 4 nitrogen and oxygen atoms in total. The van der Waals surface area contributed by atoms with Crippen LogP contribution in [0.4, 0.5) is 14.5 Å². The van der Waals surface area contributed by atoms with E-state index in [-0.39, 0.29) is 6.54 Å². The molecule has 2 aromatic rings. The molecule has 0 spiro atoms. The van der Waals surface area contributed by atoms with E-state index >= 15 is 0 Å². The molecule has 1 heterocycles. The molecule has 0 aliphatic carbocycles. The molecule has 0 radical (unpaired) electrons. The predicted molar refractivity (Wildman–Crippen MR) is 79.0 cm³/mol. The number of nitrogens with two attached hydrogens (primary N) is 1. The highest BCUT2D eigenvalue weighted by Gasteiger charge is 2.22. The van der Waals surface area contributed by atoms with Crippen LogP contribution in [0.2, 0.25) is 4.34 Å². The Bertz CT molecular complexity index is 763. The van der Waals surface area contributed by atoms with E-state index in [1.807, 2.05) is 0 Å². The molecular formula is C12H11ClF2N2O2S2. The summed E-state index contributed by atoms with van der Waals surface area (Å²) in [5.41, 5.74) is 4.33. The van der Waals surface area contributed by atoms with Crippen molar-refractivity contribution in [1.82, 2.24) is 4.72 Å². The van der Waals surface area contributed by atoms with E-state index in [1.54, 1.807) is 12.1 Å². The van der Waals surface area contributed by atoms with Crippen LogP contribution >= 0.6 is 22.9 Å². The van der Waals surface area contributed by atoms with Gasteiger partial charge >= 0.3 is 0 Å². The van der Waals surface area contributed by atoms with Crippen molar-refractivity contribution in [1.29, 1.82) is 0 Å². The summed E-state index contributed by atoms with van der Waals surface area (Å²) in [7, 11) is -4.09. The van der Waals surface area contributed by atoms with Crippen LogP contribution in [0.15, 0.2) is 29.2 Å². The largest absolute Gasteiger partial charge is 0.394 e. The number of sulfonamides is 1. The SMILES string of the molecule is Nc1c(F)ccc(S(=O)(=O)NCCc2ccc(Cl)s2)c1F. The number of halogens is 3. The van der Waals surface area contributed by atoms with Crippen LogP contribution in [0, 0.1) is 11.6 Å². The Morgan fingerprint density at radius 1 is 1.24 bits per heavy atom.